The minimum absolute atomic E-state index is 0.412. The molecule has 0 saturated carbocycles. The molecule has 0 aliphatic rings. The van der Waals surface area contributed by atoms with E-state index in [2.05, 4.69) is 0 Å². The van der Waals surface area contributed by atoms with Gasteiger partial charge in [0.05, 0.1) is 6.61 Å². The molecule has 0 spiro atoms. The fraction of sp³-hybridized carbons (Fsp3) is 0.875. The van der Waals surface area contributed by atoms with Crippen molar-refractivity contribution in [2.24, 2.45) is 0 Å². The average molecular weight is 263 g/mol. The van der Waals surface area contributed by atoms with Crippen molar-refractivity contribution in [1.29, 1.82) is 5.41 Å². The summed E-state index contributed by atoms with van der Waals surface area (Å²) in [4.78, 5) is 0. The van der Waals surface area contributed by atoms with Crippen LogP contribution in [0.2, 0.25) is 0 Å². The summed E-state index contributed by atoms with van der Waals surface area (Å²) in [6.07, 6.45) is 0.961. The lowest BCUT2D eigenvalue weighted by Crippen LogP contribution is -2.28. The van der Waals surface area contributed by atoms with Crippen LogP contribution < -0.4 is 0 Å². The molecule has 0 saturated heterocycles. The molecular formula is C8H14Cl3NO2. The van der Waals surface area contributed by atoms with E-state index < -0.39 is 16.0 Å². The summed E-state index contributed by atoms with van der Waals surface area (Å²) in [5.41, 5.74) is 0. The highest BCUT2D eigenvalue weighted by Crippen LogP contribution is 2.28. The molecule has 0 aliphatic heterocycles. The summed E-state index contributed by atoms with van der Waals surface area (Å²) < 4.78 is 8.48. The van der Waals surface area contributed by atoms with Gasteiger partial charge in [-0.3, -0.25) is 5.41 Å². The fourth-order valence-electron chi connectivity index (χ4n) is 0.683. The van der Waals surface area contributed by atoms with Gasteiger partial charge < -0.3 is 9.47 Å². The number of nitrogens with one attached hydrogen (secondary N) is 1. The van der Waals surface area contributed by atoms with E-state index in [1.165, 1.54) is 0 Å². The molecule has 3 nitrogen and oxygen atoms in total. The van der Waals surface area contributed by atoms with E-state index in [1.807, 2.05) is 13.8 Å². The third kappa shape index (κ3) is 5.91. The second-order valence-corrected chi connectivity index (χ2v) is 4.93. The maximum absolute atomic E-state index is 7.31. The maximum atomic E-state index is 7.31. The van der Waals surface area contributed by atoms with Gasteiger partial charge in [0.2, 0.25) is 12.2 Å². The Morgan fingerprint density at radius 2 is 1.93 bits per heavy atom. The minimum atomic E-state index is -1.82. The van der Waals surface area contributed by atoms with Crippen LogP contribution in [-0.2, 0) is 9.47 Å². The average Bonchev–Trinajstić information content (AvgIpc) is 2.10. The Kier molecular flexibility index (Phi) is 6.87. The lowest BCUT2D eigenvalue weighted by atomic mass is 10.4. The van der Waals surface area contributed by atoms with E-state index >= 15 is 0 Å². The number of hydrogen-bond acceptors (Lipinski definition) is 3. The minimum Gasteiger partial charge on any atom is -0.448 e. The number of hydrogen-bond donors (Lipinski definition) is 1. The number of ether oxygens (including phenoxy) is 2. The number of halogens is 3. The van der Waals surface area contributed by atoms with Gasteiger partial charge in [-0.25, -0.2) is 0 Å². The monoisotopic (exact) mass is 261 g/mol. The Morgan fingerprint density at radius 3 is 2.29 bits per heavy atom. The molecule has 0 bridgehead atoms. The Balaban J connectivity index is 3.99. The maximum Gasteiger partial charge on any atom is 0.265 e. The normalized spacial score (nSPS) is 13.8. The van der Waals surface area contributed by atoms with Crippen molar-refractivity contribution >= 4 is 40.7 Å². The smallest absolute Gasteiger partial charge is 0.265 e. The van der Waals surface area contributed by atoms with E-state index in [-0.39, 0.29) is 0 Å². The van der Waals surface area contributed by atoms with Crippen molar-refractivity contribution in [3.8, 4) is 0 Å². The van der Waals surface area contributed by atoms with Crippen LogP contribution in [-0.4, -0.2) is 22.6 Å². The molecule has 1 atom stereocenters. The van der Waals surface area contributed by atoms with Crippen LogP contribution in [0.1, 0.15) is 26.7 Å². The Morgan fingerprint density at radius 1 is 1.36 bits per heavy atom. The van der Waals surface area contributed by atoms with Crippen LogP contribution in [0.15, 0.2) is 0 Å². The quantitative estimate of drug-likeness (QED) is 0.356. The largest absolute Gasteiger partial charge is 0.448 e. The third-order valence-corrected chi connectivity index (χ3v) is 1.86. The van der Waals surface area contributed by atoms with Crippen molar-refractivity contribution in [3.63, 3.8) is 0 Å². The molecule has 0 aromatic carbocycles. The summed E-state index contributed by atoms with van der Waals surface area (Å²) in [5, 5.41) is 7.31. The van der Waals surface area contributed by atoms with Gasteiger partial charge in [0.1, 0.15) is 0 Å². The van der Waals surface area contributed by atoms with Gasteiger partial charge in [-0.1, -0.05) is 48.7 Å². The van der Waals surface area contributed by atoms with E-state index in [0.717, 1.165) is 6.42 Å². The zero-order valence-electron chi connectivity index (χ0n) is 8.15. The molecule has 0 amide bonds. The molecule has 14 heavy (non-hydrogen) atoms. The highest BCUT2D eigenvalue weighted by Gasteiger charge is 2.30. The molecule has 0 rings (SSSR count). The van der Waals surface area contributed by atoms with Gasteiger partial charge in [-0.05, 0) is 6.42 Å². The van der Waals surface area contributed by atoms with Crippen LogP contribution in [0.25, 0.3) is 0 Å². The second kappa shape index (κ2) is 6.72. The van der Waals surface area contributed by atoms with E-state index in [0.29, 0.717) is 13.0 Å². The Labute approximate surface area is 99.1 Å². The van der Waals surface area contributed by atoms with Crippen molar-refractivity contribution in [3.05, 3.63) is 0 Å². The topological polar surface area (TPSA) is 42.3 Å². The molecule has 6 heteroatoms. The van der Waals surface area contributed by atoms with Crippen LogP contribution in [0.3, 0.4) is 0 Å². The molecular weight excluding hydrogens is 248 g/mol. The fourth-order valence-corrected chi connectivity index (χ4v) is 0.816. The molecule has 0 radical (unpaired) electrons. The van der Waals surface area contributed by atoms with Gasteiger partial charge in [0.15, 0.2) is 0 Å². The molecule has 0 aromatic rings. The molecule has 0 aliphatic carbocycles. The van der Waals surface area contributed by atoms with Gasteiger partial charge in [0, 0.05) is 6.42 Å². The SMILES string of the molecule is CCCOC(CC)OC(=N)C(Cl)(Cl)Cl. The summed E-state index contributed by atoms with van der Waals surface area (Å²) in [5.74, 6) is -0.412. The Hall–Kier alpha value is 0.300. The third-order valence-electron chi connectivity index (χ3n) is 1.35. The first-order chi connectivity index (χ1) is 6.41. The van der Waals surface area contributed by atoms with Gasteiger partial charge >= 0.3 is 0 Å². The predicted octanol–water partition coefficient (Wildman–Crippen LogP) is 3.51. The van der Waals surface area contributed by atoms with Crippen molar-refractivity contribution in [2.45, 2.75) is 36.8 Å². The summed E-state index contributed by atoms with van der Waals surface area (Å²) in [6, 6.07) is 0. The Bertz CT molecular complexity index is 182. The molecule has 0 fully saturated rings. The first-order valence-corrected chi connectivity index (χ1v) is 5.49. The van der Waals surface area contributed by atoms with Gasteiger partial charge in [0.25, 0.3) is 3.79 Å². The molecule has 1 unspecified atom stereocenters. The predicted molar refractivity (Wildman–Crippen MR) is 59.4 cm³/mol. The van der Waals surface area contributed by atoms with Crippen molar-refractivity contribution in [1.82, 2.24) is 0 Å². The van der Waals surface area contributed by atoms with Crippen molar-refractivity contribution < 1.29 is 9.47 Å². The first kappa shape index (κ1) is 14.3. The van der Waals surface area contributed by atoms with Crippen molar-refractivity contribution in [2.75, 3.05) is 6.61 Å². The zero-order chi connectivity index (χ0) is 11.2. The van der Waals surface area contributed by atoms with Gasteiger partial charge in [-0.15, -0.1) is 0 Å². The molecule has 0 aromatic heterocycles. The molecule has 0 heterocycles. The molecule has 84 valence electrons. The summed E-state index contributed by atoms with van der Waals surface area (Å²) in [7, 11) is 0. The lowest BCUT2D eigenvalue weighted by Gasteiger charge is -2.21. The van der Waals surface area contributed by atoms with Crippen LogP contribution >= 0.6 is 34.8 Å². The van der Waals surface area contributed by atoms with E-state index in [9.17, 15) is 0 Å². The van der Waals surface area contributed by atoms with Gasteiger partial charge in [-0.2, -0.15) is 0 Å². The highest BCUT2D eigenvalue weighted by atomic mass is 35.6. The zero-order valence-corrected chi connectivity index (χ0v) is 10.4. The molecule has 1 N–H and O–H groups in total. The number of rotatable bonds is 5. The highest BCUT2D eigenvalue weighted by molar-refractivity contribution is 6.76. The van der Waals surface area contributed by atoms with Crippen LogP contribution in [0, 0.1) is 5.41 Å². The van der Waals surface area contributed by atoms with Crippen LogP contribution in [0.5, 0.6) is 0 Å². The second-order valence-electron chi connectivity index (χ2n) is 2.65. The van der Waals surface area contributed by atoms with E-state index in [4.69, 9.17) is 49.7 Å². The standard InChI is InChI=1S/C8H14Cl3NO2/c1-3-5-13-6(4-2)14-7(12)8(9,10)11/h6,12H,3-5H2,1-2H3. The van der Waals surface area contributed by atoms with E-state index in [1.54, 1.807) is 0 Å². The summed E-state index contributed by atoms with van der Waals surface area (Å²) in [6.45, 7) is 4.41. The lowest BCUT2D eigenvalue weighted by molar-refractivity contribution is -0.0909. The number of alkyl halides is 3. The first-order valence-electron chi connectivity index (χ1n) is 4.35. The van der Waals surface area contributed by atoms with Crippen LogP contribution in [0.4, 0.5) is 0 Å². The summed E-state index contributed by atoms with van der Waals surface area (Å²) >= 11 is 16.3.